The molecule has 0 aliphatic carbocycles. The number of ether oxygens (including phenoxy) is 1. The Morgan fingerprint density at radius 1 is 1.35 bits per heavy atom. The maximum Gasteiger partial charge on any atom is 0.162 e. The molecule has 5 nitrogen and oxygen atoms in total. The zero-order valence-corrected chi connectivity index (χ0v) is 12.5. The highest BCUT2D eigenvalue weighted by Crippen LogP contribution is 2.37. The van der Waals surface area contributed by atoms with E-state index in [9.17, 15) is 10.2 Å². The highest BCUT2D eigenvalue weighted by Gasteiger charge is 2.25. The summed E-state index contributed by atoms with van der Waals surface area (Å²) in [6.07, 6.45) is 0.612. The molecule has 0 aromatic heterocycles. The number of phenolic OH excluding ortho intramolecular Hbond substituents is 1. The highest BCUT2D eigenvalue weighted by molar-refractivity contribution is 5.85. The largest absolute Gasteiger partial charge is 0.504 e. The summed E-state index contributed by atoms with van der Waals surface area (Å²) in [4.78, 5) is 2.29. The van der Waals surface area contributed by atoms with Crippen molar-refractivity contribution in [3.8, 4) is 11.5 Å². The SMILES string of the molecule is COc1cccc([C@@H](CCO)N2CCNCC2)c1O.Cl. The fraction of sp³-hybridized carbons (Fsp3) is 0.571. The van der Waals surface area contributed by atoms with Crippen molar-refractivity contribution in [2.24, 2.45) is 0 Å². The van der Waals surface area contributed by atoms with E-state index in [0.717, 1.165) is 31.7 Å². The summed E-state index contributed by atoms with van der Waals surface area (Å²) in [7, 11) is 1.55. The molecule has 0 spiro atoms. The average molecular weight is 303 g/mol. The van der Waals surface area contributed by atoms with Gasteiger partial charge >= 0.3 is 0 Å². The molecule has 1 aromatic carbocycles. The molecule has 1 heterocycles. The van der Waals surface area contributed by atoms with Crippen LogP contribution in [0.4, 0.5) is 0 Å². The third-order valence-corrected chi connectivity index (χ3v) is 3.60. The van der Waals surface area contributed by atoms with E-state index in [1.54, 1.807) is 13.2 Å². The van der Waals surface area contributed by atoms with Gasteiger partial charge in [-0.15, -0.1) is 12.4 Å². The molecule has 0 bridgehead atoms. The van der Waals surface area contributed by atoms with E-state index in [1.807, 2.05) is 12.1 Å². The fourth-order valence-electron chi connectivity index (χ4n) is 2.62. The number of methoxy groups -OCH3 is 1. The average Bonchev–Trinajstić information content (AvgIpc) is 2.46. The van der Waals surface area contributed by atoms with E-state index in [4.69, 9.17) is 4.74 Å². The van der Waals surface area contributed by atoms with Crippen LogP contribution < -0.4 is 10.1 Å². The summed E-state index contributed by atoms with van der Waals surface area (Å²) in [6, 6.07) is 5.55. The van der Waals surface area contributed by atoms with Crippen LogP contribution in [0, 0.1) is 0 Å². The number of para-hydroxylation sites is 1. The smallest absolute Gasteiger partial charge is 0.162 e. The summed E-state index contributed by atoms with van der Waals surface area (Å²) in [5, 5.41) is 22.9. The second kappa shape index (κ2) is 8.32. The summed E-state index contributed by atoms with van der Waals surface area (Å²) in [5.74, 6) is 0.664. The van der Waals surface area contributed by atoms with Gasteiger partial charge in [-0.2, -0.15) is 0 Å². The topological polar surface area (TPSA) is 65.0 Å². The highest BCUT2D eigenvalue weighted by atomic mass is 35.5. The zero-order chi connectivity index (χ0) is 13.7. The lowest BCUT2D eigenvalue weighted by molar-refractivity contribution is 0.138. The Labute approximate surface area is 126 Å². The van der Waals surface area contributed by atoms with Crippen LogP contribution in [-0.4, -0.2) is 55.0 Å². The molecule has 6 heteroatoms. The molecule has 0 radical (unpaired) electrons. The molecule has 114 valence electrons. The summed E-state index contributed by atoms with van der Waals surface area (Å²) in [6.45, 7) is 3.81. The standard InChI is InChI=1S/C14H22N2O3.ClH/c1-19-13-4-2-3-11(14(13)18)12(5-10-17)16-8-6-15-7-9-16;/h2-4,12,15,17-18H,5-10H2,1H3;1H/t12-;/m1./s1. The monoisotopic (exact) mass is 302 g/mol. The first-order chi connectivity index (χ1) is 9.27. The second-order valence-electron chi connectivity index (χ2n) is 4.71. The van der Waals surface area contributed by atoms with Gasteiger partial charge < -0.3 is 20.3 Å². The number of rotatable bonds is 5. The molecule has 0 amide bonds. The third kappa shape index (κ3) is 3.76. The predicted molar refractivity (Wildman–Crippen MR) is 80.8 cm³/mol. The zero-order valence-electron chi connectivity index (χ0n) is 11.7. The molecular formula is C14H23ClN2O3. The third-order valence-electron chi connectivity index (χ3n) is 3.60. The molecule has 1 atom stereocenters. The minimum Gasteiger partial charge on any atom is -0.504 e. The Hall–Kier alpha value is -1.01. The van der Waals surface area contributed by atoms with Crippen LogP contribution in [0.3, 0.4) is 0 Å². The van der Waals surface area contributed by atoms with Crippen LogP contribution in [0.2, 0.25) is 0 Å². The maximum atomic E-state index is 10.3. The minimum absolute atomic E-state index is 0. The van der Waals surface area contributed by atoms with Gasteiger partial charge in [0.1, 0.15) is 0 Å². The Kier molecular flexibility index (Phi) is 7.09. The number of piperazine rings is 1. The predicted octanol–water partition coefficient (Wildman–Crippen LogP) is 1.15. The number of aliphatic hydroxyl groups is 1. The molecule has 1 aliphatic rings. The number of nitrogens with one attached hydrogen (secondary N) is 1. The number of nitrogens with zero attached hydrogens (tertiary/aromatic N) is 1. The van der Waals surface area contributed by atoms with Crippen LogP contribution >= 0.6 is 12.4 Å². The fourth-order valence-corrected chi connectivity index (χ4v) is 2.62. The number of halogens is 1. The van der Waals surface area contributed by atoms with Crippen molar-refractivity contribution in [2.75, 3.05) is 39.9 Å². The van der Waals surface area contributed by atoms with Crippen LogP contribution in [0.1, 0.15) is 18.0 Å². The Balaban J connectivity index is 0.00000200. The lowest BCUT2D eigenvalue weighted by atomic mass is 10.00. The number of aliphatic hydroxyl groups excluding tert-OH is 1. The first-order valence-corrected chi connectivity index (χ1v) is 6.69. The van der Waals surface area contributed by atoms with Crippen molar-refractivity contribution >= 4 is 12.4 Å². The number of aromatic hydroxyl groups is 1. The molecule has 3 N–H and O–H groups in total. The van der Waals surface area contributed by atoms with Crippen molar-refractivity contribution in [1.29, 1.82) is 0 Å². The first kappa shape index (κ1) is 17.0. The van der Waals surface area contributed by atoms with E-state index in [2.05, 4.69) is 10.2 Å². The quantitative estimate of drug-likeness (QED) is 0.761. The Morgan fingerprint density at radius 2 is 2.05 bits per heavy atom. The number of benzene rings is 1. The van der Waals surface area contributed by atoms with Crippen LogP contribution in [0.5, 0.6) is 11.5 Å². The van der Waals surface area contributed by atoms with Crippen molar-refractivity contribution in [3.05, 3.63) is 23.8 Å². The summed E-state index contributed by atoms with van der Waals surface area (Å²) in [5.41, 5.74) is 0.829. The van der Waals surface area contributed by atoms with E-state index in [0.29, 0.717) is 12.2 Å². The van der Waals surface area contributed by atoms with Gasteiger partial charge in [-0.25, -0.2) is 0 Å². The lowest BCUT2D eigenvalue weighted by Gasteiger charge is -2.35. The maximum absolute atomic E-state index is 10.3. The molecule has 1 saturated heterocycles. The van der Waals surface area contributed by atoms with Crippen molar-refractivity contribution in [3.63, 3.8) is 0 Å². The van der Waals surface area contributed by atoms with Crippen molar-refractivity contribution in [2.45, 2.75) is 12.5 Å². The van der Waals surface area contributed by atoms with Gasteiger partial charge in [-0.05, 0) is 12.5 Å². The van der Waals surface area contributed by atoms with Gasteiger partial charge in [0.2, 0.25) is 0 Å². The molecule has 0 saturated carbocycles. The van der Waals surface area contributed by atoms with Crippen molar-refractivity contribution in [1.82, 2.24) is 10.2 Å². The molecule has 1 aliphatic heterocycles. The normalized spacial score (nSPS) is 17.3. The van der Waals surface area contributed by atoms with Crippen LogP contribution in [-0.2, 0) is 0 Å². The van der Waals surface area contributed by atoms with Gasteiger partial charge in [-0.1, -0.05) is 12.1 Å². The second-order valence-corrected chi connectivity index (χ2v) is 4.71. The number of hydrogen-bond acceptors (Lipinski definition) is 5. The molecular weight excluding hydrogens is 280 g/mol. The molecule has 2 rings (SSSR count). The molecule has 0 unspecified atom stereocenters. The van der Waals surface area contributed by atoms with E-state index < -0.39 is 0 Å². The van der Waals surface area contributed by atoms with Crippen LogP contribution in [0.15, 0.2) is 18.2 Å². The van der Waals surface area contributed by atoms with Gasteiger partial charge in [0.15, 0.2) is 11.5 Å². The molecule has 20 heavy (non-hydrogen) atoms. The van der Waals surface area contributed by atoms with Crippen molar-refractivity contribution < 1.29 is 14.9 Å². The van der Waals surface area contributed by atoms with Crippen LogP contribution in [0.25, 0.3) is 0 Å². The molecule has 1 fully saturated rings. The van der Waals surface area contributed by atoms with Gasteiger partial charge in [0, 0.05) is 44.4 Å². The van der Waals surface area contributed by atoms with Gasteiger partial charge in [0.25, 0.3) is 0 Å². The summed E-state index contributed by atoms with van der Waals surface area (Å²) >= 11 is 0. The van der Waals surface area contributed by atoms with E-state index in [1.165, 1.54) is 0 Å². The van der Waals surface area contributed by atoms with E-state index >= 15 is 0 Å². The molecule has 1 aromatic rings. The van der Waals surface area contributed by atoms with Gasteiger partial charge in [-0.3, -0.25) is 4.90 Å². The van der Waals surface area contributed by atoms with Gasteiger partial charge in [0.05, 0.1) is 7.11 Å². The minimum atomic E-state index is 0. The first-order valence-electron chi connectivity index (χ1n) is 6.69. The lowest BCUT2D eigenvalue weighted by Crippen LogP contribution is -2.45. The Bertz CT molecular complexity index is 411. The number of hydrogen-bond donors (Lipinski definition) is 3. The van der Waals surface area contributed by atoms with E-state index in [-0.39, 0.29) is 30.8 Å². The number of phenols is 1. The summed E-state index contributed by atoms with van der Waals surface area (Å²) < 4.78 is 5.16. The Morgan fingerprint density at radius 3 is 2.65 bits per heavy atom.